The zero-order valence-electron chi connectivity index (χ0n) is 16.3. The van der Waals surface area contributed by atoms with Crippen molar-refractivity contribution in [1.29, 1.82) is 0 Å². The molecule has 1 amide bonds. The first-order valence-corrected chi connectivity index (χ1v) is 10.1. The van der Waals surface area contributed by atoms with Crippen LogP contribution in [0.2, 0.25) is 10.0 Å². The van der Waals surface area contributed by atoms with E-state index in [0.717, 1.165) is 54.6 Å². The molecule has 2 aromatic rings. The molecule has 2 aromatic carbocycles. The van der Waals surface area contributed by atoms with Gasteiger partial charge in [0.2, 0.25) is 0 Å². The number of likely N-dealkylation sites (N-methyl/N-ethyl adjacent to an activating group) is 1. The van der Waals surface area contributed by atoms with Crippen LogP contribution in [0.3, 0.4) is 0 Å². The van der Waals surface area contributed by atoms with Gasteiger partial charge in [0.25, 0.3) is 5.91 Å². The fraction of sp³-hybridized carbons (Fsp3) is 0.381. The molecule has 1 aliphatic rings. The number of rotatable bonds is 6. The van der Waals surface area contributed by atoms with Gasteiger partial charge in [-0.15, -0.1) is 0 Å². The highest BCUT2D eigenvalue weighted by Gasteiger charge is 2.24. The first kappa shape index (κ1) is 20.8. The third-order valence-electron chi connectivity index (χ3n) is 5.00. The van der Waals surface area contributed by atoms with E-state index < -0.39 is 0 Å². The van der Waals surface area contributed by atoms with Crippen LogP contribution in [-0.2, 0) is 11.3 Å². The van der Waals surface area contributed by atoms with Gasteiger partial charge in [-0.1, -0.05) is 41.4 Å². The minimum atomic E-state index is 0.178. The van der Waals surface area contributed by atoms with E-state index in [2.05, 4.69) is 11.0 Å². The second-order valence-corrected chi connectivity index (χ2v) is 7.91. The van der Waals surface area contributed by atoms with Crippen LogP contribution in [-0.4, -0.2) is 57.7 Å². The Balaban J connectivity index is 1.51. The molecule has 1 N–H and O–H groups in total. The van der Waals surface area contributed by atoms with E-state index in [1.165, 1.54) is 0 Å². The number of quaternary nitrogens is 1. The third kappa shape index (κ3) is 5.10. The highest BCUT2D eigenvalue weighted by atomic mass is 35.5. The lowest BCUT2D eigenvalue weighted by Gasteiger charge is -2.36. The third-order valence-corrected chi connectivity index (χ3v) is 5.74. The number of anilines is 1. The normalized spacial score (nSPS) is 15.4. The number of piperazine rings is 1. The van der Waals surface area contributed by atoms with Crippen molar-refractivity contribution in [2.45, 2.75) is 6.54 Å². The van der Waals surface area contributed by atoms with Gasteiger partial charge in [-0.25, -0.2) is 0 Å². The van der Waals surface area contributed by atoms with Crippen LogP contribution >= 0.6 is 23.2 Å². The number of hydrogen-bond donors (Lipinski definition) is 1. The van der Waals surface area contributed by atoms with E-state index in [-0.39, 0.29) is 5.91 Å². The molecule has 0 spiro atoms. The van der Waals surface area contributed by atoms with Crippen molar-refractivity contribution >= 4 is 34.8 Å². The molecule has 0 bridgehead atoms. The molecule has 1 aliphatic heterocycles. The minimum absolute atomic E-state index is 0.178. The number of para-hydroxylation sites is 2. The Bertz CT molecular complexity index is 823. The first-order valence-electron chi connectivity index (χ1n) is 9.39. The van der Waals surface area contributed by atoms with E-state index in [1.54, 1.807) is 13.2 Å². The summed E-state index contributed by atoms with van der Waals surface area (Å²) in [5.41, 5.74) is 2.15. The first-order chi connectivity index (χ1) is 13.5. The Morgan fingerprint density at radius 1 is 1.07 bits per heavy atom. The Morgan fingerprint density at radius 3 is 2.46 bits per heavy atom. The molecule has 0 radical (unpaired) electrons. The van der Waals surface area contributed by atoms with Gasteiger partial charge in [0, 0.05) is 31.7 Å². The number of nitrogens with one attached hydrogen (secondary N) is 1. The monoisotopic (exact) mass is 422 g/mol. The van der Waals surface area contributed by atoms with Gasteiger partial charge in [-0.05, 0) is 24.3 Å². The van der Waals surface area contributed by atoms with Gasteiger partial charge >= 0.3 is 0 Å². The van der Waals surface area contributed by atoms with Gasteiger partial charge in [-0.3, -0.25) is 4.79 Å². The number of nitrogens with zero attached hydrogens (tertiary/aromatic N) is 2. The lowest BCUT2D eigenvalue weighted by atomic mass is 10.2. The molecule has 1 saturated heterocycles. The van der Waals surface area contributed by atoms with Gasteiger partial charge in [0.05, 0.1) is 29.9 Å². The molecule has 1 heterocycles. The van der Waals surface area contributed by atoms with Gasteiger partial charge in [0.1, 0.15) is 12.3 Å². The maximum atomic E-state index is 12.7. The van der Waals surface area contributed by atoms with Crippen molar-refractivity contribution in [2.75, 3.05) is 51.8 Å². The predicted molar refractivity (Wildman–Crippen MR) is 114 cm³/mol. The van der Waals surface area contributed by atoms with Crippen molar-refractivity contribution in [1.82, 2.24) is 4.90 Å². The van der Waals surface area contributed by atoms with E-state index >= 15 is 0 Å². The van der Waals surface area contributed by atoms with E-state index in [9.17, 15) is 4.79 Å². The quantitative estimate of drug-likeness (QED) is 0.776. The number of methoxy groups -OCH3 is 1. The second-order valence-electron chi connectivity index (χ2n) is 7.10. The Labute approximate surface area is 176 Å². The lowest BCUT2D eigenvalue weighted by Crippen LogP contribution is -3.09. The van der Waals surface area contributed by atoms with Crippen LogP contribution < -0.4 is 14.5 Å². The average Bonchev–Trinajstić information content (AvgIpc) is 2.70. The molecule has 28 heavy (non-hydrogen) atoms. The highest BCUT2D eigenvalue weighted by Crippen LogP contribution is 2.28. The highest BCUT2D eigenvalue weighted by molar-refractivity contribution is 6.42. The number of hydrogen-bond acceptors (Lipinski definition) is 3. The van der Waals surface area contributed by atoms with Gasteiger partial charge < -0.3 is 19.4 Å². The van der Waals surface area contributed by atoms with Crippen molar-refractivity contribution in [3.05, 3.63) is 58.1 Å². The molecular weight excluding hydrogens is 397 g/mol. The number of carbonyl (C=O) groups excluding carboxylic acids is 1. The Kier molecular flexibility index (Phi) is 7.05. The summed E-state index contributed by atoms with van der Waals surface area (Å²) in [5.74, 6) is 1.05. The molecular formula is C21H26Cl2N3O2+. The van der Waals surface area contributed by atoms with Crippen LogP contribution in [0, 0.1) is 0 Å². The van der Waals surface area contributed by atoms with Crippen molar-refractivity contribution in [2.24, 2.45) is 0 Å². The topological polar surface area (TPSA) is 37.2 Å². The van der Waals surface area contributed by atoms with E-state index in [0.29, 0.717) is 16.6 Å². The summed E-state index contributed by atoms with van der Waals surface area (Å²) in [6.45, 7) is 4.22. The fourth-order valence-electron chi connectivity index (χ4n) is 3.52. The zero-order chi connectivity index (χ0) is 20.1. The Morgan fingerprint density at radius 2 is 1.79 bits per heavy atom. The molecule has 0 saturated carbocycles. The number of carbonyl (C=O) groups is 1. The van der Waals surface area contributed by atoms with Crippen LogP contribution in [0.1, 0.15) is 5.56 Å². The standard InChI is InChI=1S/C21H25Cl2N3O2/c1-24(14-16-7-8-17(22)18(23)13-16)15-21(27)26-11-9-25(10-12-26)19-5-3-4-6-20(19)28-2/h3-8,13H,9-12,14-15H2,1-2H3/p+1. The summed E-state index contributed by atoms with van der Waals surface area (Å²) >= 11 is 12.0. The molecule has 0 aromatic heterocycles. The van der Waals surface area contributed by atoms with E-state index in [4.69, 9.17) is 27.9 Å². The van der Waals surface area contributed by atoms with Crippen molar-refractivity contribution in [3.63, 3.8) is 0 Å². The summed E-state index contributed by atoms with van der Waals surface area (Å²) in [7, 11) is 3.70. The molecule has 0 aliphatic carbocycles. The number of amides is 1. The predicted octanol–water partition coefficient (Wildman–Crippen LogP) is 2.37. The lowest BCUT2D eigenvalue weighted by molar-refractivity contribution is -0.885. The summed E-state index contributed by atoms with van der Waals surface area (Å²) in [5, 5.41) is 1.10. The van der Waals surface area contributed by atoms with Crippen LogP contribution in [0.15, 0.2) is 42.5 Å². The average molecular weight is 423 g/mol. The zero-order valence-corrected chi connectivity index (χ0v) is 17.8. The number of benzene rings is 2. The maximum Gasteiger partial charge on any atom is 0.277 e. The summed E-state index contributed by atoms with van der Waals surface area (Å²) in [4.78, 5) is 18.0. The minimum Gasteiger partial charge on any atom is -0.495 e. The molecule has 3 rings (SSSR count). The number of ether oxygens (including phenoxy) is 1. The molecule has 1 unspecified atom stereocenters. The molecule has 150 valence electrons. The summed E-state index contributed by atoms with van der Waals surface area (Å²) < 4.78 is 5.45. The van der Waals surface area contributed by atoms with Gasteiger partial charge in [-0.2, -0.15) is 0 Å². The molecule has 7 heteroatoms. The van der Waals surface area contributed by atoms with Crippen LogP contribution in [0.5, 0.6) is 5.75 Å². The molecule has 1 fully saturated rings. The van der Waals surface area contributed by atoms with Crippen molar-refractivity contribution < 1.29 is 14.4 Å². The largest absolute Gasteiger partial charge is 0.495 e. The fourth-order valence-corrected chi connectivity index (χ4v) is 3.84. The van der Waals surface area contributed by atoms with Crippen molar-refractivity contribution in [3.8, 4) is 5.75 Å². The summed E-state index contributed by atoms with van der Waals surface area (Å²) in [6.07, 6.45) is 0. The second kappa shape index (κ2) is 9.50. The SMILES string of the molecule is COc1ccccc1N1CCN(C(=O)C[NH+](C)Cc2ccc(Cl)c(Cl)c2)CC1. The van der Waals surface area contributed by atoms with Crippen LogP contribution in [0.25, 0.3) is 0 Å². The molecule has 1 atom stereocenters. The van der Waals surface area contributed by atoms with E-state index in [1.807, 2.05) is 42.3 Å². The number of halogens is 2. The smallest absolute Gasteiger partial charge is 0.277 e. The Hall–Kier alpha value is -1.95. The van der Waals surface area contributed by atoms with Crippen LogP contribution in [0.4, 0.5) is 5.69 Å². The molecule has 5 nitrogen and oxygen atoms in total. The maximum absolute atomic E-state index is 12.7. The summed E-state index contributed by atoms with van der Waals surface area (Å²) in [6, 6.07) is 13.6. The van der Waals surface area contributed by atoms with Gasteiger partial charge in [0.15, 0.2) is 6.54 Å².